The van der Waals surface area contributed by atoms with Crippen LogP contribution in [-0.2, 0) is 11.3 Å². The minimum absolute atomic E-state index is 0.196. The molecule has 2 aromatic rings. The summed E-state index contributed by atoms with van der Waals surface area (Å²) < 4.78 is 16.8. The molecule has 2 N–H and O–H groups in total. The third-order valence-corrected chi connectivity index (χ3v) is 5.60. The summed E-state index contributed by atoms with van der Waals surface area (Å²) in [6.07, 6.45) is 5.54. The number of hydrogen-bond acceptors (Lipinski definition) is 5. The highest BCUT2D eigenvalue weighted by atomic mass is 16.5. The minimum atomic E-state index is 0.196. The summed E-state index contributed by atoms with van der Waals surface area (Å²) in [6.45, 7) is 6.72. The van der Waals surface area contributed by atoms with E-state index in [0.717, 1.165) is 42.7 Å². The van der Waals surface area contributed by atoms with Gasteiger partial charge in [-0.15, -0.1) is 0 Å². The molecular weight excluding hydrogens is 392 g/mol. The molecule has 0 bridgehead atoms. The molecule has 0 aliphatic carbocycles. The second-order valence-corrected chi connectivity index (χ2v) is 7.89. The Bertz CT molecular complexity index is 801. The van der Waals surface area contributed by atoms with Crippen molar-refractivity contribution in [2.24, 2.45) is 4.99 Å². The van der Waals surface area contributed by atoms with Gasteiger partial charge in [-0.25, -0.2) is 0 Å². The fourth-order valence-electron chi connectivity index (χ4n) is 3.89. The molecule has 170 valence electrons. The smallest absolute Gasteiger partial charge is 0.191 e. The number of nitrogens with zero attached hydrogens (tertiary/aromatic N) is 2. The number of likely N-dealkylation sites (tertiary alicyclic amines) is 1. The van der Waals surface area contributed by atoms with Crippen molar-refractivity contribution in [2.45, 2.75) is 38.8 Å². The number of benzene rings is 1. The lowest BCUT2D eigenvalue weighted by Gasteiger charge is -2.33. The van der Waals surface area contributed by atoms with E-state index in [9.17, 15) is 0 Å². The van der Waals surface area contributed by atoms with Crippen LogP contribution < -0.4 is 15.4 Å². The van der Waals surface area contributed by atoms with Gasteiger partial charge in [0.05, 0.1) is 18.9 Å². The van der Waals surface area contributed by atoms with Crippen molar-refractivity contribution < 1.29 is 13.9 Å². The fourth-order valence-corrected chi connectivity index (χ4v) is 3.89. The number of aryl methyl sites for hydroxylation is 1. The summed E-state index contributed by atoms with van der Waals surface area (Å²) in [5, 5.41) is 6.90. The van der Waals surface area contributed by atoms with Gasteiger partial charge in [-0.2, -0.15) is 0 Å². The zero-order valence-corrected chi connectivity index (χ0v) is 19.0. The van der Waals surface area contributed by atoms with Crippen molar-refractivity contribution in [1.82, 2.24) is 15.5 Å². The largest absolute Gasteiger partial charge is 0.491 e. The van der Waals surface area contributed by atoms with Crippen LogP contribution in [0.4, 0.5) is 0 Å². The number of guanidine groups is 1. The molecule has 1 unspecified atom stereocenters. The molecule has 1 aliphatic rings. The summed E-state index contributed by atoms with van der Waals surface area (Å²) in [5.74, 6) is 2.64. The maximum absolute atomic E-state index is 5.91. The third kappa shape index (κ3) is 7.01. The van der Waals surface area contributed by atoms with Crippen molar-refractivity contribution >= 4 is 5.96 Å². The van der Waals surface area contributed by atoms with Gasteiger partial charge in [-0.3, -0.25) is 9.89 Å². The van der Waals surface area contributed by atoms with Gasteiger partial charge in [0.15, 0.2) is 5.96 Å². The summed E-state index contributed by atoms with van der Waals surface area (Å²) in [5.41, 5.74) is 2.25. The molecule has 1 atom stereocenters. The van der Waals surface area contributed by atoms with E-state index in [4.69, 9.17) is 13.9 Å². The van der Waals surface area contributed by atoms with Gasteiger partial charge in [0.25, 0.3) is 0 Å². The second kappa shape index (κ2) is 12.4. The first kappa shape index (κ1) is 23.2. The van der Waals surface area contributed by atoms with Crippen molar-refractivity contribution in [3.05, 3.63) is 53.5 Å². The lowest BCUT2D eigenvalue weighted by Crippen LogP contribution is -2.44. The molecule has 7 nitrogen and oxygen atoms in total. The molecule has 0 amide bonds. The fraction of sp³-hybridized carbons (Fsp3) is 0.542. The Labute approximate surface area is 185 Å². The minimum Gasteiger partial charge on any atom is -0.491 e. The van der Waals surface area contributed by atoms with Crippen LogP contribution in [0.5, 0.6) is 5.75 Å². The van der Waals surface area contributed by atoms with E-state index >= 15 is 0 Å². The van der Waals surface area contributed by atoms with E-state index in [-0.39, 0.29) is 6.04 Å². The van der Waals surface area contributed by atoms with E-state index in [0.29, 0.717) is 19.8 Å². The predicted molar refractivity (Wildman–Crippen MR) is 124 cm³/mol. The highest BCUT2D eigenvalue weighted by Crippen LogP contribution is 2.24. The number of furan rings is 1. The summed E-state index contributed by atoms with van der Waals surface area (Å²) in [4.78, 5) is 6.91. The normalized spacial score (nSPS) is 16.2. The molecule has 1 aliphatic heterocycles. The first-order valence-corrected chi connectivity index (χ1v) is 11.1. The molecule has 7 heteroatoms. The molecule has 1 fully saturated rings. The lowest BCUT2D eigenvalue weighted by molar-refractivity contribution is 0.145. The Morgan fingerprint density at radius 1 is 1.16 bits per heavy atom. The molecule has 0 spiro atoms. The van der Waals surface area contributed by atoms with Crippen LogP contribution in [0.3, 0.4) is 0 Å². The first-order chi connectivity index (χ1) is 15.2. The lowest BCUT2D eigenvalue weighted by atomic mass is 10.1. The maximum atomic E-state index is 5.91. The number of ether oxygens (including phenoxy) is 2. The van der Waals surface area contributed by atoms with Gasteiger partial charge in [-0.1, -0.05) is 18.6 Å². The standard InChI is InChI=1S/C24H36N4O3/c1-19-9-10-20(23(16-19)31-15-14-29-3)17-26-24(25-2)27-18-21(22-8-7-13-30-22)28-11-5-4-6-12-28/h7-10,13,16,21H,4-6,11-12,14-15,17-18H2,1-3H3,(H2,25,26,27). The first-order valence-electron chi connectivity index (χ1n) is 11.1. The predicted octanol–water partition coefficient (Wildman–Crippen LogP) is 3.51. The van der Waals surface area contributed by atoms with Crippen molar-refractivity contribution in [3.8, 4) is 5.75 Å². The molecule has 3 rings (SSSR count). The molecule has 1 saturated heterocycles. The number of methoxy groups -OCH3 is 1. The SMILES string of the molecule is CN=C(NCc1ccc(C)cc1OCCOC)NCC(c1ccco1)N1CCCCC1. The summed E-state index contributed by atoms with van der Waals surface area (Å²) in [6, 6.07) is 10.5. The van der Waals surface area contributed by atoms with Crippen molar-refractivity contribution in [3.63, 3.8) is 0 Å². The zero-order valence-electron chi connectivity index (χ0n) is 19.0. The number of rotatable bonds is 10. The molecule has 0 saturated carbocycles. The molecule has 31 heavy (non-hydrogen) atoms. The van der Waals surface area contributed by atoms with Crippen LogP contribution in [0, 0.1) is 6.92 Å². The topological polar surface area (TPSA) is 71.3 Å². The number of hydrogen-bond donors (Lipinski definition) is 2. The third-order valence-electron chi connectivity index (χ3n) is 5.60. The van der Waals surface area contributed by atoms with Crippen LogP contribution in [0.2, 0.25) is 0 Å². The van der Waals surface area contributed by atoms with Gasteiger partial charge in [-0.05, 0) is 56.6 Å². The number of piperidine rings is 1. The average Bonchev–Trinajstić information content (AvgIpc) is 3.32. The van der Waals surface area contributed by atoms with Crippen LogP contribution in [0.1, 0.15) is 42.2 Å². The van der Waals surface area contributed by atoms with Crippen molar-refractivity contribution in [1.29, 1.82) is 0 Å². The molecule has 1 aromatic heterocycles. The van der Waals surface area contributed by atoms with E-state index in [2.05, 4.69) is 51.7 Å². The van der Waals surface area contributed by atoms with Gasteiger partial charge < -0.3 is 24.5 Å². The second-order valence-electron chi connectivity index (χ2n) is 7.89. The van der Waals surface area contributed by atoms with Gasteiger partial charge in [0, 0.05) is 32.8 Å². The van der Waals surface area contributed by atoms with Crippen molar-refractivity contribution in [2.75, 3.05) is 47.0 Å². The van der Waals surface area contributed by atoms with Gasteiger partial charge in [0.1, 0.15) is 18.1 Å². The van der Waals surface area contributed by atoms with E-state index in [1.807, 2.05) is 6.07 Å². The number of aliphatic imine (C=N–C) groups is 1. The zero-order chi connectivity index (χ0) is 21.9. The quantitative estimate of drug-likeness (QED) is 0.343. The van der Waals surface area contributed by atoms with Gasteiger partial charge in [0.2, 0.25) is 0 Å². The Hall–Kier alpha value is -2.51. The maximum Gasteiger partial charge on any atom is 0.191 e. The van der Waals surface area contributed by atoms with Crippen LogP contribution in [0.15, 0.2) is 46.0 Å². The average molecular weight is 429 g/mol. The van der Waals surface area contributed by atoms with Crippen LogP contribution in [0.25, 0.3) is 0 Å². The van der Waals surface area contributed by atoms with E-state index in [1.165, 1.54) is 24.8 Å². The van der Waals surface area contributed by atoms with E-state index < -0.39 is 0 Å². The Morgan fingerprint density at radius 3 is 2.71 bits per heavy atom. The highest BCUT2D eigenvalue weighted by molar-refractivity contribution is 5.79. The molecule has 1 aromatic carbocycles. The monoisotopic (exact) mass is 428 g/mol. The van der Waals surface area contributed by atoms with E-state index in [1.54, 1.807) is 20.4 Å². The summed E-state index contributed by atoms with van der Waals surface area (Å²) >= 11 is 0. The Morgan fingerprint density at radius 2 is 2.00 bits per heavy atom. The highest BCUT2D eigenvalue weighted by Gasteiger charge is 2.24. The molecular formula is C24H36N4O3. The molecule has 2 heterocycles. The van der Waals surface area contributed by atoms with Crippen LogP contribution in [-0.4, -0.2) is 57.9 Å². The Balaban J connectivity index is 1.59. The van der Waals surface area contributed by atoms with Gasteiger partial charge >= 0.3 is 0 Å². The summed E-state index contributed by atoms with van der Waals surface area (Å²) in [7, 11) is 3.47. The van der Waals surface area contributed by atoms with Crippen LogP contribution >= 0.6 is 0 Å². The Kier molecular flexibility index (Phi) is 9.24. The molecule has 0 radical (unpaired) electrons. The number of nitrogens with one attached hydrogen (secondary N) is 2.